The lowest BCUT2D eigenvalue weighted by molar-refractivity contribution is 0.373. The second-order valence-electron chi connectivity index (χ2n) is 5.74. The number of methoxy groups -OCH3 is 1. The molecule has 0 spiro atoms. The zero-order chi connectivity index (χ0) is 18.8. The molecule has 0 aliphatic carbocycles. The molecule has 1 aromatic carbocycles. The van der Waals surface area contributed by atoms with Crippen LogP contribution in [0.3, 0.4) is 0 Å². The first kappa shape index (κ1) is 19.6. The van der Waals surface area contributed by atoms with E-state index >= 15 is 0 Å². The van der Waals surface area contributed by atoms with Crippen molar-refractivity contribution in [2.45, 2.75) is 33.2 Å². The van der Waals surface area contributed by atoms with Crippen molar-refractivity contribution < 1.29 is 9.84 Å². The number of aliphatic imine (C=N–C) groups is 1. The number of phenolic OH excluding ortho intramolecular Hbond substituents is 1. The van der Waals surface area contributed by atoms with Crippen molar-refractivity contribution in [2.24, 2.45) is 4.99 Å². The molecule has 0 fully saturated rings. The lowest BCUT2D eigenvalue weighted by Gasteiger charge is -2.12. The number of hydrogen-bond acceptors (Lipinski definition) is 5. The summed E-state index contributed by atoms with van der Waals surface area (Å²) >= 11 is 0. The van der Waals surface area contributed by atoms with E-state index in [4.69, 9.17) is 4.74 Å². The number of rotatable bonds is 9. The van der Waals surface area contributed by atoms with Crippen LogP contribution in [0.15, 0.2) is 29.5 Å². The Kier molecular flexibility index (Phi) is 7.73. The molecule has 0 aliphatic heterocycles. The maximum Gasteiger partial charge on any atom is 0.191 e. The van der Waals surface area contributed by atoms with E-state index in [9.17, 15) is 5.11 Å². The van der Waals surface area contributed by atoms with Crippen molar-refractivity contribution in [1.82, 2.24) is 25.4 Å². The van der Waals surface area contributed by atoms with Crippen LogP contribution in [0.4, 0.5) is 0 Å². The third kappa shape index (κ3) is 5.65. The lowest BCUT2D eigenvalue weighted by atomic mass is 10.1. The summed E-state index contributed by atoms with van der Waals surface area (Å²) in [7, 11) is 1.55. The smallest absolute Gasteiger partial charge is 0.191 e. The minimum Gasteiger partial charge on any atom is -0.504 e. The Balaban J connectivity index is 1.85. The minimum absolute atomic E-state index is 0.148. The van der Waals surface area contributed by atoms with Crippen LogP contribution >= 0.6 is 0 Å². The summed E-state index contributed by atoms with van der Waals surface area (Å²) < 4.78 is 7.18. The predicted octanol–water partition coefficient (Wildman–Crippen LogP) is 1.35. The molecule has 0 saturated carbocycles. The average Bonchev–Trinajstić information content (AvgIpc) is 3.10. The molecule has 0 atom stereocenters. The standard InChI is InChI=1S/C18H28N6O2/c1-4-17-23-22-13-24(17)11-10-21-18(19-5-2)20-9-8-14-6-7-15(25)16(12-14)26-3/h6-7,12-13,25H,4-5,8-11H2,1-3H3,(H2,19,20,21). The van der Waals surface area contributed by atoms with Crippen LogP contribution in [-0.2, 0) is 19.4 Å². The number of aromatic nitrogens is 3. The largest absolute Gasteiger partial charge is 0.504 e. The zero-order valence-electron chi connectivity index (χ0n) is 15.7. The van der Waals surface area contributed by atoms with E-state index in [0.717, 1.165) is 49.8 Å². The minimum atomic E-state index is 0.148. The van der Waals surface area contributed by atoms with Crippen molar-refractivity contribution in [3.05, 3.63) is 35.9 Å². The number of phenols is 1. The highest BCUT2D eigenvalue weighted by Crippen LogP contribution is 2.26. The molecule has 1 aromatic heterocycles. The highest BCUT2D eigenvalue weighted by atomic mass is 16.5. The van der Waals surface area contributed by atoms with E-state index in [1.54, 1.807) is 19.5 Å². The molecule has 0 bridgehead atoms. The number of aryl methyl sites for hydroxylation is 1. The van der Waals surface area contributed by atoms with Gasteiger partial charge in [0, 0.05) is 32.6 Å². The van der Waals surface area contributed by atoms with Crippen molar-refractivity contribution in [1.29, 1.82) is 0 Å². The topological polar surface area (TPSA) is 96.6 Å². The van der Waals surface area contributed by atoms with Gasteiger partial charge in [0.05, 0.1) is 7.11 Å². The number of ether oxygens (including phenoxy) is 1. The van der Waals surface area contributed by atoms with E-state index in [-0.39, 0.29) is 5.75 Å². The fourth-order valence-electron chi connectivity index (χ4n) is 2.55. The normalized spacial score (nSPS) is 11.4. The number of benzene rings is 1. The molecule has 1 heterocycles. The van der Waals surface area contributed by atoms with E-state index in [1.807, 2.05) is 23.6 Å². The van der Waals surface area contributed by atoms with Crippen LogP contribution in [0.5, 0.6) is 11.5 Å². The molecule has 8 nitrogen and oxygen atoms in total. The average molecular weight is 360 g/mol. The molecule has 0 aliphatic rings. The van der Waals surface area contributed by atoms with Gasteiger partial charge in [-0.2, -0.15) is 0 Å². The van der Waals surface area contributed by atoms with Gasteiger partial charge in [-0.05, 0) is 31.0 Å². The van der Waals surface area contributed by atoms with Crippen molar-refractivity contribution in [3.63, 3.8) is 0 Å². The number of guanidine groups is 1. The van der Waals surface area contributed by atoms with Gasteiger partial charge < -0.3 is 25.0 Å². The molecule has 26 heavy (non-hydrogen) atoms. The van der Waals surface area contributed by atoms with E-state index in [1.165, 1.54) is 0 Å². The summed E-state index contributed by atoms with van der Waals surface area (Å²) in [5.74, 6) is 2.40. The number of aromatic hydroxyl groups is 1. The fourth-order valence-corrected chi connectivity index (χ4v) is 2.55. The molecule has 3 N–H and O–H groups in total. The van der Waals surface area contributed by atoms with Gasteiger partial charge in [0.15, 0.2) is 17.5 Å². The Morgan fingerprint density at radius 2 is 2.15 bits per heavy atom. The van der Waals surface area contributed by atoms with Crippen LogP contribution < -0.4 is 15.4 Å². The molecule has 0 unspecified atom stereocenters. The van der Waals surface area contributed by atoms with Crippen molar-refractivity contribution in [2.75, 3.05) is 26.7 Å². The first-order chi connectivity index (χ1) is 12.7. The van der Waals surface area contributed by atoms with Crippen LogP contribution in [0.2, 0.25) is 0 Å². The number of hydrogen-bond donors (Lipinski definition) is 3. The molecular formula is C18H28N6O2. The van der Waals surface area contributed by atoms with Gasteiger partial charge in [-0.25, -0.2) is 0 Å². The highest BCUT2D eigenvalue weighted by Gasteiger charge is 2.04. The number of nitrogens with zero attached hydrogens (tertiary/aromatic N) is 4. The van der Waals surface area contributed by atoms with Gasteiger partial charge in [0.25, 0.3) is 0 Å². The Labute approximate surface area is 154 Å². The molecule has 2 aromatic rings. The van der Waals surface area contributed by atoms with Gasteiger partial charge in [-0.15, -0.1) is 10.2 Å². The Morgan fingerprint density at radius 3 is 2.88 bits per heavy atom. The molecule has 8 heteroatoms. The maximum atomic E-state index is 9.65. The quantitative estimate of drug-likeness (QED) is 0.461. The molecule has 0 radical (unpaired) electrons. The van der Waals surface area contributed by atoms with Crippen LogP contribution in [0, 0.1) is 0 Å². The Morgan fingerprint density at radius 1 is 1.31 bits per heavy atom. The SMILES string of the molecule is CCNC(=NCCc1ccc(O)c(OC)c1)NCCn1cnnc1CC. The van der Waals surface area contributed by atoms with Gasteiger partial charge in [-0.1, -0.05) is 13.0 Å². The maximum absolute atomic E-state index is 9.65. The molecule has 2 rings (SSSR count). The summed E-state index contributed by atoms with van der Waals surface area (Å²) in [6.45, 7) is 7.07. The Bertz CT molecular complexity index is 713. The van der Waals surface area contributed by atoms with Crippen molar-refractivity contribution >= 4 is 5.96 Å². The van der Waals surface area contributed by atoms with E-state index in [0.29, 0.717) is 12.3 Å². The van der Waals surface area contributed by atoms with Crippen LogP contribution in [0.25, 0.3) is 0 Å². The summed E-state index contributed by atoms with van der Waals surface area (Å²) in [4.78, 5) is 4.60. The number of nitrogens with one attached hydrogen (secondary N) is 2. The molecule has 0 saturated heterocycles. The van der Waals surface area contributed by atoms with Crippen LogP contribution in [0.1, 0.15) is 25.2 Å². The van der Waals surface area contributed by atoms with E-state index in [2.05, 4.69) is 32.7 Å². The molecular weight excluding hydrogens is 332 g/mol. The monoisotopic (exact) mass is 360 g/mol. The molecule has 0 amide bonds. The summed E-state index contributed by atoms with van der Waals surface area (Å²) in [6.07, 6.45) is 3.38. The zero-order valence-corrected chi connectivity index (χ0v) is 15.7. The summed E-state index contributed by atoms with van der Waals surface area (Å²) in [6, 6.07) is 5.36. The van der Waals surface area contributed by atoms with E-state index < -0.39 is 0 Å². The third-order valence-corrected chi connectivity index (χ3v) is 3.92. The first-order valence-electron chi connectivity index (χ1n) is 8.92. The fraction of sp³-hybridized carbons (Fsp3) is 0.500. The lowest BCUT2D eigenvalue weighted by Crippen LogP contribution is -2.39. The van der Waals surface area contributed by atoms with Gasteiger partial charge in [-0.3, -0.25) is 4.99 Å². The first-order valence-corrected chi connectivity index (χ1v) is 8.92. The predicted molar refractivity (Wildman–Crippen MR) is 102 cm³/mol. The highest BCUT2D eigenvalue weighted by molar-refractivity contribution is 5.79. The third-order valence-electron chi connectivity index (χ3n) is 3.92. The van der Waals surface area contributed by atoms with Crippen molar-refractivity contribution in [3.8, 4) is 11.5 Å². The molecule has 142 valence electrons. The summed E-state index contributed by atoms with van der Waals surface area (Å²) in [5, 5.41) is 24.2. The second-order valence-corrected chi connectivity index (χ2v) is 5.74. The van der Waals surface area contributed by atoms with Gasteiger partial charge in [0.1, 0.15) is 12.2 Å². The van der Waals surface area contributed by atoms with Gasteiger partial charge >= 0.3 is 0 Å². The Hall–Kier alpha value is -2.77. The second kappa shape index (κ2) is 10.3. The van der Waals surface area contributed by atoms with Gasteiger partial charge in [0.2, 0.25) is 0 Å². The summed E-state index contributed by atoms with van der Waals surface area (Å²) in [5.41, 5.74) is 1.07. The van der Waals surface area contributed by atoms with Crippen LogP contribution in [-0.4, -0.2) is 52.6 Å².